The second-order valence-electron chi connectivity index (χ2n) is 5.44. The second-order valence-corrected chi connectivity index (χ2v) is 6.59. The Morgan fingerprint density at radius 3 is 2.85 bits per heavy atom. The third kappa shape index (κ3) is 3.82. The van der Waals surface area contributed by atoms with E-state index in [9.17, 15) is 5.11 Å². The van der Waals surface area contributed by atoms with E-state index < -0.39 is 5.60 Å². The van der Waals surface area contributed by atoms with Crippen molar-refractivity contribution in [1.29, 1.82) is 0 Å². The standard InChI is InChI=1S/C15H23NO2S.ClH/c1-16(2)10-13-11-19-8-7-15(13,17)12-5-4-6-14(9-12)18-3;/h4-6,9,13,17H,7-8,10-11H2,1-3H3;1H/t13-,15+;/m0./s1. The lowest BCUT2D eigenvalue weighted by molar-refractivity contribution is -0.0294. The van der Waals surface area contributed by atoms with Gasteiger partial charge in [-0.15, -0.1) is 12.4 Å². The Morgan fingerprint density at radius 2 is 2.20 bits per heavy atom. The molecular formula is C15H24ClNO2S. The average Bonchev–Trinajstić information content (AvgIpc) is 2.41. The SMILES string of the molecule is COc1cccc([C@]2(O)CCSC[C@@H]2CN(C)C)c1.Cl. The number of ether oxygens (including phenoxy) is 1. The molecule has 0 spiro atoms. The van der Waals surface area contributed by atoms with Gasteiger partial charge in [0, 0.05) is 18.2 Å². The maximum Gasteiger partial charge on any atom is 0.119 e. The van der Waals surface area contributed by atoms with Gasteiger partial charge in [-0.3, -0.25) is 0 Å². The minimum absolute atomic E-state index is 0. The van der Waals surface area contributed by atoms with Gasteiger partial charge in [-0.1, -0.05) is 12.1 Å². The minimum Gasteiger partial charge on any atom is -0.497 e. The first-order valence-corrected chi connectivity index (χ1v) is 7.81. The van der Waals surface area contributed by atoms with E-state index in [2.05, 4.69) is 19.0 Å². The summed E-state index contributed by atoms with van der Waals surface area (Å²) in [6.07, 6.45) is 0.809. The van der Waals surface area contributed by atoms with Crippen molar-refractivity contribution < 1.29 is 9.84 Å². The third-order valence-electron chi connectivity index (χ3n) is 3.78. The zero-order chi connectivity index (χ0) is 13.9. The number of aliphatic hydroxyl groups is 1. The predicted octanol–water partition coefficient (Wildman–Crippen LogP) is 2.62. The van der Waals surface area contributed by atoms with E-state index in [1.807, 2.05) is 36.0 Å². The van der Waals surface area contributed by atoms with Crippen molar-refractivity contribution in [2.24, 2.45) is 5.92 Å². The molecule has 1 aromatic carbocycles. The topological polar surface area (TPSA) is 32.7 Å². The Balaban J connectivity index is 0.00000200. The Morgan fingerprint density at radius 1 is 1.45 bits per heavy atom. The molecule has 0 aromatic heterocycles. The normalized spacial score (nSPS) is 26.1. The van der Waals surface area contributed by atoms with Crippen molar-refractivity contribution in [2.75, 3.05) is 39.3 Å². The number of methoxy groups -OCH3 is 1. The first-order valence-electron chi connectivity index (χ1n) is 6.65. The molecule has 0 bridgehead atoms. The van der Waals surface area contributed by atoms with Crippen LogP contribution < -0.4 is 4.74 Å². The van der Waals surface area contributed by atoms with Gasteiger partial charge in [0.1, 0.15) is 5.75 Å². The van der Waals surface area contributed by atoms with Crippen LogP contribution in [0.5, 0.6) is 5.75 Å². The molecule has 114 valence electrons. The summed E-state index contributed by atoms with van der Waals surface area (Å²) in [5, 5.41) is 11.2. The van der Waals surface area contributed by atoms with Crippen molar-refractivity contribution in [3.8, 4) is 5.75 Å². The first-order chi connectivity index (χ1) is 9.06. The Hall–Kier alpha value is -0.420. The lowest BCUT2D eigenvalue weighted by Gasteiger charge is -2.41. The molecule has 1 aliphatic heterocycles. The number of rotatable bonds is 4. The summed E-state index contributed by atoms with van der Waals surface area (Å²) in [5.41, 5.74) is 0.253. The van der Waals surface area contributed by atoms with Crippen molar-refractivity contribution >= 4 is 24.2 Å². The highest BCUT2D eigenvalue weighted by Gasteiger charge is 2.41. The monoisotopic (exact) mass is 317 g/mol. The summed E-state index contributed by atoms with van der Waals surface area (Å²) >= 11 is 1.93. The Labute approximate surface area is 132 Å². The predicted molar refractivity (Wildman–Crippen MR) is 88.1 cm³/mol. The van der Waals surface area contributed by atoms with E-state index in [1.54, 1.807) is 7.11 Å². The summed E-state index contributed by atoms with van der Waals surface area (Å²) in [6, 6.07) is 7.87. The summed E-state index contributed by atoms with van der Waals surface area (Å²) in [5.74, 6) is 3.09. The molecule has 0 radical (unpaired) electrons. The van der Waals surface area contributed by atoms with E-state index >= 15 is 0 Å². The molecule has 1 aliphatic rings. The summed E-state index contributed by atoms with van der Waals surface area (Å²) in [6.45, 7) is 0.903. The Kier molecular flexibility index (Phi) is 6.65. The average molecular weight is 318 g/mol. The molecule has 0 aliphatic carbocycles. The molecule has 1 heterocycles. The largest absolute Gasteiger partial charge is 0.497 e. The van der Waals surface area contributed by atoms with Crippen LogP contribution in [0.2, 0.25) is 0 Å². The fraction of sp³-hybridized carbons (Fsp3) is 0.600. The number of nitrogens with zero attached hydrogens (tertiary/aromatic N) is 1. The fourth-order valence-electron chi connectivity index (χ4n) is 2.71. The fourth-order valence-corrected chi connectivity index (χ4v) is 4.00. The van der Waals surface area contributed by atoms with E-state index in [4.69, 9.17) is 4.74 Å². The van der Waals surface area contributed by atoms with Gasteiger partial charge in [0.15, 0.2) is 0 Å². The number of thioether (sulfide) groups is 1. The molecule has 1 fully saturated rings. The molecule has 2 rings (SSSR count). The van der Waals surface area contributed by atoms with Crippen molar-refractivity contribution in [1.82, 2.24) is 4.90 Å². The van der Waals surface area contributed by atoms with Crippen LogP contribution in [-0.4, -0.2) is 49.3 Å². The maximum absolute atomic E-state index is 11.2. The molecule has 0 amide bonds. The lowest BCUT2D eigenvalue weighted by Crippen LogP contribution is -2.45. The van der Waals surface area contributed by atoms with Gasteiger partial charge in [-0.05, 0) is 44.0 Å². The molecule has 0 unspecified atom stereocenters. The molecule has 5 heteroatoms. The van der Waals surface area contributed by atoms with Crippen LogP contribution in [0.25, 0.3) is 0 Å². The summed E-state index contributed by atoms with van der Waals surface area (Å²) in [4.78, 5) is 2.15. The third-order valence-corrected chi connectivity index (χ3v) is 4.91. The Bertz CT molecular complexity index is 430. The minimum atomic E-state index is -0.732. The number of hydrogen-bond acceptors (Lipinski definition) is 4. The van der Waals surface area contributed by atoms with Crippen LogP contribution in [0.15, 0.2) is 24.3 Å². The molecule has 2 atom stereocenters. The number of halogens is 1. The highest BCUT2D eigenvalue weighted by molar-refractivity contribution is 7.99. The molecule has 1 aromatic rings. The van der Waals surface area contributed by atoms with E-state index in [0.717, 1.165) is 35.8 Å². The van der Waals surface area contributed by atoms with Gasteiger partial charge in [0.2, 0.25) is 0 Å². The van der Waals surface area contributed by atoms with Gasteiger partial charge in [0.05, 0.1) is 12.7 Å². The van der Waals surface area contributed by atoms with Gasteiger partial charge < -0.3 is 14.7 Å². The van der Waals surface area contributed by atoms with Crippen molar-refractivity contribution in [3.63, 3.8) is 0 Å². The molecule has 1 saturated heterocycles. The summed E-state index contributed by atoms with van der Waals surface area (Å²) < 4.78 is 5.28. The van der Waals surface area contributed by atoms with E-state index in [1.165, 1.54) is 0 Å². The number of benzene rings is 1. The summed E-state index contributed by atoms with van der Waals surface area (Å²) in [7, 11) is 5.79. The van der Waals surface area contributed by atoms with Crippen molar-refractivity contribution in [2.45, 2.75) is 12.0 Å². The van der Waals surface area contributed by atoms with Crippen LogP contribution in [0.3, 0.4) is 0 Å². The van der Waals surface area contributed by atoms with E-state index in [0.29, 0.717) is 0 Å². The zero-order valence-corrected chi connectivity index (χ0v) is 14.0. The highest BCUT2D eigenvalue weighted by atomic mass is 35.5. The molecule has 20 heavy (non-hydrogen) atoms. The van der Waals surface area contributed by atoms with Crippen LogP contribution >= 0.6 is 24.2 Å². The van der Waals surface area contributed by atoms with Crippen LogP contribution in [0.4, 0.5) is 0 Å². The van der Waals surface area contributed by atoms with Gasteiger partial charge in [-0.25, -0.2) is 0 Å². The molecular weight excluding hydrogens is 294 g/mol. The smallest absolute Gasteiger partial charge is 0.119 e. The zero-order valence-electron chi connectivity index (χ0n) is 12.3. The van der Waals surface area contributed by atoms with Gasteiger partial charge in [-0.2, -0.15) is 11.8 Å². The quantitative estimate of drug-likeness (QED) is 0.925. The van der Waals surface area contributed by atoms with Crippen LogP contribution in [-0.2, 0) is 5.60 Å². The first kappa shape index (κ1) is 17.6. The maximum atomic E-state index is 11.2. The molecule has 1 N–H and O–H groups in total. The van der Waals surface area contributed by atoms with Crippen LogP contribution in [0, 0.1) is 5.92 Å². The highest BCUT2D eigenvalue weighted by Crippen LogP contribution is 2.41. The molecule has 3 nitrogen and oxygen atoms in total. The molecule has 0 saturated carbocycles. The van der Waals surface area contributed by atoms with Crippen LogP contribution in [0.1, 0.15) is 12.0 Å². The second kappa shape index (κ2) is 7.55. The van der Waals surface area contributed by atoms with Crippen molar-refractivity contribution in [3.05, 3.63) is 29.8 Å². The van der Waals surface area contributed by atoms with E-state index in [-0.39, 0.29) is 18.3 Å². The van der Waals surface area contributed by atoms with Gasteiger partial charge >= 0.3 is 0 Å². The number of hydrogen-bond donors (Lipinski definition) is 1. The van der Waals surface area contributed by atoms with Gasteiger partial charge in [0.25, 0.3) is 0 Å². The lowest BCUT2D eigenvalue weighted by atomic mass is 9.79.